The summed E-state index contributed by atoms with van der Waals surface area (Å²) in [4.78, 5) is 14.6. The van der Waals surface area contributed by atoms with E-state index in [9.17, 15) is 9.90 Å². The maximum Gasteiger partial charge on any atom is 0.257 e. The van der Waals surface area contributed by atoms with E-state index in [4.69, 9.17) is 0 Å². The van der Waals surface area contributed by atoms with E-state index in [0.717, 1.165) is 21.3 Å². The minimum Gasteiger partial charge on any atom is -0.493 e. The number of nitrogens with zero attached hydrogens (tertiary/aromatic N) is 2. The molecule has 102 valence electrons. The fourth-order valence-corrected chi connectivity index (χ4v) is 2.48. The summed E-state index contributed by atoms with van der Waals surface area (Å²) in [5.41, 5.74) is 2.92. The second-order valence-corrected chi connectivity index (χ2v) is 5.55. The van der Waals surface area contributed by atoms with Crippen LogP contribution in [0.1, 0.15) is 11.3 Å². The number of benzene rings is 1. The average Bonchev–Trinajstić information content (AvgIpc) is 2.74. The molecule has 0 unspecified atom stereocenters. The van der Waals surface area contributed by atoms with Crippen LogP contribution in [-0.2, 0) is 0 Å². The fourth-order valence-electron chi connectivity index (χ4n) is 2.22. The molecule has 2 aromatic heterocycles. The molecule has 0 aliphatic carbocycles. The number of aromatic hydroxyl groups is 1. The van der Waals surface area contributed by atoms with E-state index in [2.05, 4.69) is 26.0 Å². The van der Waals surface area contributed by atoms with Crippen LogP contribution < -0.4 is 5.56 Å². The van der Waals surface area contributed by atoms with Crippen LogP contribution in [0, 0.1) is 13.8 Å². The average molecular weight is 334 g/mol. The minimum atomic E-state index is -0.312. The molecular formula is C14H12BrN3O2. The normalized spacial score (nSPS) is 11.2. The van der Waals surface area contributed by atoms with Crippen LogP contribution in [0.5, 0.6) is 5.88 Å². The van der Waals surface area contributed by atoms with Crippen molar-refractivity contribution < 1.29 is 5.11 Å². The molecule has 5 nitrogen and oxygen atoms in total. The molecule has 0 aliphatic heterocycles. The lowest BCUT2D eigenvalue weighted by Gasteiger charge is -2.03. The van der Waals surface area contributed by atoms with Crippen LogP contribution in [-0.4, -0.2) is 19.7 Å². The van der Waals surface area contributed by atoms with Gasteiger partial charge in [-0.1, -0.05) is 28.1 Å². The van der Waals surface area contributed by atoms with Crippen LogP contribution in [0.15, 0.2) is 33.5 Å². The van der Waals surface area contributed by atoms with Gasteiger partial charge in [0.1, 0.15) is 5.65 Å². The van der Waals surface area contributed by atoms with E-state index in [1.807, 2.05) is 31.2 Å². The summed E-state index contributed by atoms with van der Waals surface area (Å²) in [5, 5.41) is 14.3. The summed E-state index contributed by atoms with van der Waals surface area (Å²) in [5.74, 6) is -0.129. The van der Waals surface area contributed by atoms with Gasteiger partial charge < -0.3 is 10.1 Å². The number of hydrogen-bond acceptors (Lipinski definition) is 3. The monoisotopic (exact) mass is 333 g/mol. The number of fused-ring (bicyclic) bond motifs is 1. The molecule has 0 amide bonds. The van der Waals surface area contributed by atoms with Gasteiger partial charge in [0.25, 0.3) is 5.56 Å². The molecule has 3 rings (SSSR count). The predicted octanol–water partition coefficient (Wildman–Crippen LogP) is 2.77. The number of hydrogen-bond donors (Lipinski definition) is 2. The lowest BCUT2D eigenvalue weighted by molar-refractivity contribution is 0.429. The van der Waals surface area contributed by atoms with Crippen molar-refractivity contribution in [3.63, 3.8) is 0 Å². The van der Waals surface area contributed by atoms with E-state index in [0.29, 0.717) is 5.65 Å². The number of aryl methyl sites for hydroxylation is 1. The zero-order valence-electron chi connectivity index (χ0n) is 10.9. The molecule has 0 bridgehead atoms. The van der Waals surface area contributed by atoms with E-state index in [1.165, 1.54) is 4.52 Å². The smallest absolute Gasteiger partial charge is 0.257 e. The SMILES string of the molecule is Cc1nn2c(O)c(C)c(=O)[nH]c2c1-c1ccc(Br)cc1. The number of aromatic amines is 1. The summed E-state index contributed by atoms with van der Waals surface area (Å²) < 4.78 is 2.34. The molecule has 0 atom stereocenters. The van der Waals surface area contributed by atoms with Crippen molar-refractivity contribution >= 4 is 21.6 Å². The first-order valence-electron chi connectivity index (χ1n) is 6.06. The van der Waals surface area contributed by atoms with Gasteiger partial charge in [-0.2, -0.15) is 9.61 Å². The molecule has 2 N–H and O–H groups in total. The Labute approximate surface area is 123 Å². The van der Waals surface area contributed by atoms with Gasteiger partial charge in [-0.25, -0.2) is 0 Å². The second-order valence-electron chi connectivity index (χ2n) is 4.63. The molecule has 3 aromatic rings. The van der Waals surface area contributed by atoms with Gasteiger partial charge in [-0.15, -0.1) is 0 Å². The summed E-state index contributed by atoms with van der Waals surface area (Å²) in [6, 6.07) is 7.71. The lowest BCUT2D eigenvalue weighted by atomic mass is 10.1. The number of aromatic nitrogens is 3. The quantitative estimate of drug-likeness (QED) is 0.719. The highest BCUT2D eigenvalue weighted by atomic mass is 79.9. The first-order valence-corrected chi connectivity index (χ1v) is 6.85. The fraction of sp³-hybridized carbons (Fsp3) is 0.143. The van der Waals surface area contributed by atoms with E-state index >= 15 is 0 Å². The number of nitrogens with one attached hydrogen (secondary N) is 1. The summed E-state index contributed by atoms with van der Waals surface area (Å²) in [6.45, 7) is 3.40. The van der Waals surface area contributed by atoms with Crippen molar-refractivity contribution in [3.8, 4) is 17.0 Å². The molecule has 6 heteroatoms. The molecule has 0 radical (unpaired) electrons. The topological polar surface area (TPSA) is 70.4 Å². The number of rotatable bonds is 1. The molecule has 0 fully saturated rings. The lowest BCUT2D eigenvalue weighted by Crippen LogP contribution is -2.12. The highest BCUT2D eigenvalue weighted by molar-refractivity contribution is 9.10. The Morgan fingerprint density at radius 2 is 1.90 bits per heavy atom. The summed E-state index contributed by atoms with van der Waals surface area (Å²) in [7, 11) is 0. The second kappa shape index (κ2) is 4.49. The van der Waals surface area contributed by atoms with Gasteiger partial charge >= 0.3 is 0 Å². The first kappa shape index (κ1) is 12.9. The largest absolute Gasteiger partial charge is 0.493 e. The zero-order chi connectivity index (χ0) is 14.4. The van der Waals surface area contributed by atoms with Crippen molar-refractivity contribution in [1.82, 2.24) is 14.6 Å². The molecule has 2 heterocycles. The van der Waals surface area contributed by atoms with Gasteiger partial charge in [-0.3, -0.25) is 4.79 Å². The Kier molecular flexibility index (Phi) is 2.90. The van der Waals surface area contributed by atoms with Crippen molar-refractivity contribution in [3.05, 3.63) is 50.3 Å². The van der Waals surface area contributed by atoms with E-state index in [-0.39, 0.29) is 17.0 Å². The Morgan fingerprint density at radius 1 is 1.25 bits per heavy atom. The Hall–Kier alpha value is -2.08. The summed E-state index contributed by atoms with van der Waals surface area (Å²) >= 11 is 3.39. The molecule has 20 heavy (non-hydrogen) atoms. The number of halogens is 1. The van der Waals surface area contributed by atoms with Crippen molar-refractivity contribution in [2.75, 3.05) is 0 Å². The third kappa shape index (κ3) is 1.84. The third-order valence-corrected chi connectivity index (χ3v) is 3.83. The number of H-pyrrole nitrogens is 1. The van der Waals surface area contributed by atoms with Gasteiger partial charge in [-0.05, 0) is 31.5 Å². The molecule has 0 spiro atoms. The molecular weight excluding hydrogens is 322 g/mol. The minimum absolute atomic E-state index is 0.129. The van der Waals surface area contributed by atoms with Gasteiger partial charge in [0.2, 0.25) is 5.88 Å². The van der Waals surface area contributed by atoms with Crippen molar-refractivity contribution in [1.29, 1.82) is 0 Å². The molecule has 0 aliphatic rings. The van der Waals surface area contributed by atoms with Crippen LogP contribution in [0.3, 0.4) is 0 Å². The molecule has 1 aromatic carbocycles. The van der Waals surface area contributed by atoms with Gasteiger partial charge in [0.15, 0.2) is 0 Å². The van der Waals surface area contributed by atoms with Gasteiger partial charge in [0.05, 0.1) is 11.3 Å². The van der Waals surface area contributed by atoms with E-state index in [1.54, 1.807) is 6.92 Å². The van der Waals surface area contributed by atoms with Crippen molar-refractivity contribution in [2.24, 2.45) is 0 Å². The van der Waals surface area contributed by atoms with Crippen LogP contribution in [0.25, 0.3) is 16.8 Å². The maximum atomic E-state index is 11.8. The Morgan fingerprint density at radius 3 is 2.55 bits per heavy atom. The molecule has 0 saturated heterocycles. The highest BCUT2D eigenvalue weighted by Gasteiger charge is 2.17. The van der Waals surface area contributed by atoms with Crippen LogP contribution in [0.2, 0.25) is 0 Å². The highest BCUT2D eigenvalue weighted by Crippen LogP contribution is 2.29. The Bertz CT molecular complexity index is 863. The predicted molar refractivity (Wildman–Crippen MR) is 80.1 cm³/mol. The summed E-state index contributed by atoms with van der Waals surface area (Å²) in [6.07, 6.45) is 0. The maximum absolute atomic E-state index is 11.8. The Balaban J connectivity index is 2.39. The van der Waals surface area contributed by atoms with E-state index < -0.39 is 0 Å². The van der Waals surface area contributed by atoms with Crippen LogP contribution in [0.4, 0.5) is 0 Å². The van der Waals surface area contributed by atoms with Crippen molar-refractivity contribution in [2.45, 2.75) is 13.8 Å². The van der Waals surface area contributed by atoms with Gasteiger partial charge in [0, 0.05) is 10.0 Å². The standard InChI is InChI=1S/C14H12BrN3O2/c1-7-13(19)16-12-11(8(2)17-18(12)14(7)20)9-3-5-10(15)6-4-9/h3-6,20H,1-2H3,(H,16,19). The third-order valence-electron chi connectivity index (χ3n) is 3.30. The van der Waals surface area contributed by atoms with Crippen LogP contribution >= 0.6 is 15.9 Å². The zero-order valence-corrected chi connectivity index (χ0v) is 12.5. The molecule has 0 saturated carbocycles. The first-order chi connectivity index (χ1) is 9.49.